The van der Waals surface area contributed by atoms with Crippen LogP contribution in [0.3, 0.4) is 0 Å². The summed E-state index contributed by atoms with van der Waals surface area (Å²) in [6, 6.07) is 1.38. The number of aryl methyl sites for hydroxylation is 1. The number of aromatic nitrogens is 2. The Bertz CT molecular complexity index is 426. The van der Waals surface area contributed by atoms with Crippen molar-refractivity contribution in [2.24, 2.45) is 7.05 Å². The molecule has 0 atom stereocenters. The van der Waals surface area contributed by atoms with Gasteiger partial charge in [-0.25, -0.2) is 4.79 Å². The first-order valence-corrected chi connectivity index (χ1v) is 4.04. The third-order valence-corrected chi connectivity index (χ3v) is 1.76. The lowest BCUT2D eigenvalue weighted by molar-refractivity contribution is 0.648. The maximum atomic E-state index is 11.4. The lowest BCUT2D eigenvalue weighted by Crippen LogP contribution is -2.37. The molecule has 13 heavy (non-hydrogen) atoms. The van der Waals surface area contributed by atoms with E-state index in [4.69, 9.17) is 0 Å². The van der Waals surface area contributed by atoms with E-state index in [-0.39, 0.29) is 11.2 Å². The van der Waals surface area contributed by atoms with Crippen LogP contribution in [-0.2, 0) is 13.6 Å². The fraction of sp³-hybridized carbons (Fsp3) is 0.333. The average Bonchev–Trinajstić information content (AvgIpc) is 2.12. The van der Waals surface area contributed by atoms with Gasteiger partial charge in [-0.15, -0.1) is 0 Å². The highest BCUT2D eigenvalue weighted by atomic mass is 16.2. The fourth-order valence-corrected chi connectivity index (χ4v) is 0.993. The topological polar surface area (TPSA) is 44.0 Å². The number of nitrogens with zero attached hydrogens (tertiary/aromatic N) is 2. The zero-order valence-electron chi connectivity index (χ0n) is 7.73. The molecular weight excluding hydrogens is 168 g/mol. The fourth-order valence-electron chi connectivity index (χ4n) is 0.993. The van der Waals surface area contributed by atoms with Gasteiger partial charge in [-0.1, -0.05) is 12.2 Å². The lowest BCUT2D eigenvalue weighted by atomic mass is 10.5. The van der Waals surface area contributed by atoms with E-state index >= 15 is 0 Å². The Labute approximate surface area is 75.7 Å². The summed E-state index contributed by atoms with van der Waals surface area (Å²) < 4.78 is 2.56. The minimum atomic E-state index is -0.286. The molecule has 0 aliphatic heterocycles. The van der Waals surface area contributed by atoms with Crippen LogP contribution in [0.1, 0.15) is 6.92 Å². The van der Waals surface area contributed by atoms with Gasteiger partial charge in [0.25, 0.3) is 5.56 Å². The van der Waals surface area contributed by atoms with E-state index < -0.39 is 0 Å². The second-order valence-corrected chi connectivity index (χ2v) is 2.73. The molecule has 4 nitrogen and oxygen atoms in total. The normalized spacial score (nSPS) is 10.9. The van der Waals surface area contributed by atoms with Gasteiger partial charge in [-0.2, -0.15) is 0 Å². The molecule has 1 aromatic rings. The molecule has 0 aliphatic rings. The van der Waals surface area contributed by atoms with Crippen LogP contribution in [0.2, 0.25) is 0 Å². The number of rotatable bonds is 2. The summed E-state index contributed by atoms with van der Waals surface area (Å²) >= 11 is 0. The monoisotopic (exact) mass is 180 g/mol. The van der Waals surface area contributed by atoms with Crippen LogP contribution in [-0.4, -0.2) is 9.13 Å². The first-order valence-electron chi connectivity index (χ1n) is 4.04. The van der Waals surface area contributed by atoms with Crippen molar-refractivity contribution in [1.82, 2.24) is 9.13 Å². The van der Waals surface area contributed by atoms with Crippen molar-refractivity contribution in [2.75, 3.05) is 0 Å². The highest BCUT2D eigenvalue weighted by Crippen LogP contribution is 1.77. The molecule has 0 fully saturated rings. The number of hydrogen-bond acceptors (Lipinski definition) is 2. The first kappa shape index (κ1) is 9.51. The van der Waals surface area contributed by atoms with E-state index in [0.717, 1.165) is 0 Å². The largest absolute Gasteiger partial charge is 0.330 e. The molecule has 0 spiro atoms. The van der Waals surface area contributed by atoms with Crippen LogP contribution in [0.15, 0.2) is 34.0 Å². The van der Waals surface area contributed by atoms with Crippen molar-refractivity contribution in [3.63, 3.8) is 0 Å². The third-order valence-electron chi connectivity index (χ3n) is 1.76. The predicted octanol–water partition coefficient (Wildman–Crippen LogP) is 0.123. The van der Waals surface area contributed by atoms with Gasteiger partial charge in [-0.3, -0.25) is 9.36 Å². The Hall–Kier alpha value is -1.58. The lowest BCUT2D eigenvalue weighted by Gasteiger charge is -2.02. The van der Waals surface area contributed by atoms with Crippen molar-refractivity contribution >= 4 is 0 Å². The van der Waals surface area contributed by atoms with E-state index in [9.17, 15) is 9.59 Å². The zero-order valence-corrected chi connectivity index (χ0v) is 7.73. The molecule has 0 bridgehead atoms. The minimum absolute atomic E-state index is 0.263. The highest BCUT2D eigenvalue weighted by molar-refractivity contribution is 4.88. The molecule has 0 saturated carbocycles. The predicted molar refractivity (Wildman–Crippen MR) is 50.8 cm³/mol. The van der Waals surface area contributed by atoms with Gasteiger partial charge >= 0.3 is 5.69 Å². The van der Waals surface area contributed by atoms with Gasteiger partial charge in [0.05, 0.1) is 0 Å². The van der Waals surface area contributed by atoms with E-state index in [1.54, 1.807) is 19.2 Å². The molecule has 0 radical (unpaired) electrons. The average molecular weight is 180 g/mol. The summed E-state index contributed by atoms with van der Waals surface area (Å²) in [5, 5.41) is 0. The van der Waals surface area contributed by atoms with Gasteiger partial charge < -0.3 is 4.57 Å². The standard InChI is InChI=1S/C9H12N2O2/c1-3-4-6-11-8(12)5-7-10(2)9(11)13/h3-5,7H,6H2,1-2H3. The van der Waals surface area contributed by atoms with Crippen LogP contribution >= 0.6 is 0 Å². The molecular formula is C9H12N2O2. The summed E-state index contributed by atoms with van der Waals surface area (Å²) in [5.74, 6) is 0. The molecule has 4 heteroatoms. The summed E-state index contributed by atoms with van der Waals surface area (Å²) in [7, 11) is 1.62. The van der Waals surface area contributed by atoms with Crippen LogP contribution in [0.25, 0.3) is 0 Å². The summed E-state index contributed by atoms with van der Waals surface area (Å²) in [6.07, 6.45) is 5.04. The van der Waals surface area contributed by atoms with Gasteiger partial charge in [0.15, 0.2) is 0 Å². The quantitative estimate of drug-likeness (QED) is 0.607. The highest BCUT2D eigenvalue weighted by Gasteiger charge is 1.98. The van der Waals surface area contributed by atoms with Gasteiger partial charge in [0, 0.05) is 25.9 Å². The van der Waals surface area contributed by atoms with E-state index in [1.807, 2.05) is 6.92 Å². The number of hydrogen-bond donors (Lipinski definition) is 0. The summed E-state index contributed by atoms with van der Waals surface area (Å²) in [6.45, 7) is 2.18. The number of allylic oxidation sites excluding steroid dienone is 2. The minimum Gasteiger partial charge on any atom is -0.303 e. The third kappa shape index (κ3) is 1.96. The molecule has 1 rings (SSSR count). The Balaban J connectivity index is 3.26. The molecule has 0 aliphatic carbocycles. The maximum Gasteiger partial charge on any atom is 0.330 e. The molecule has 0 unspecified atom stereocenters. The smallest absolute Gasteiger partial charge is 0.303 e. The van der Waals surface area contributed by atoms with Crippen molar-refractivity contribution in [1.29, 1.82) is 0 Å². The summed E-state index contributed by atoms with van der Waals surface area (Å²) in [4.78, 5) is 22.6. The molecule has 1 aromatic heterocycles. The Morgan fingerprint density at radius 3 is 2.77 bits per heavy atom. The maximum absolute atomic E-state index is 11.4. The second-order valence-electron chi connectivity index (χ2n) is 2.73. The van der Waals surface area contributed by atoms with Crippen LogP contribution in [0.5, 0.6) is 0 Å². The molecule has 1 heterocycles. The Kier molecular flexibility index (Phi) is 2.84. The molecule has 0 aromatic carbocycles. The van der Waals surface area contributed by atoms with Gasteiger partial charge in [0.2, 0.25) is 0 Å². The summed E-state index contributed by atoms with van der Waals surface area (Å²) in [5.41, 5.74) is -0.549. The van der Waals surface area contributed by atoms with E-state index in [1.165, 1.54) is 21.4 Å². The van der Waals surface area contributed by atoms with E-state index in [0.29, 0.717) is 6.54 Å². The van der Waals surface area contributed by atoms with Crippen molar-refractivity contribution in [2.45, 2.75) is 13.5 Å². The van der Waals surface area contributed by atoms with Gasteiger partial charge in [-0.05, 0) is 6.92 Å². The van der Waals surface area contributed by atoms with Gasteiger partial charge in [0.1, 0.15) is 0 Å². The first-order chi connectivity index (χ1) is 6.16. The SMILES string of the molecule is CC=CCn1c(=O)ccn(C)c1=O. The second kappa shape index (κ2) is 3.89. The van der Waals surface area contributed by atoms with E-state index in [2.05, 4.69) is 0 Å². The van der Waals surface area contributed by atoms with Crippen LogP contribution in [0, 0.1) is 0 Å². The van der Waals surface area contributed by atoms with Crippen molar-refractivity contribution < 1.29 is 0 Å². The van der Waals surface area contributed by atoms with Crippen molar-refractivity contribution in [3.8, 4) is 0 Å². The van der Waals surface area contributed by atoms with Crippen LogP contribution in [0.4, 0.5) is 0 Å². The van der Waals surface area contributed by atoms with Crippen LogP contribution < -0.4 is 11.2 Å². The molecule has 0 saturated heterocycles. The molecule has 0 amide bonds. The molecule has 70 valence electrons. The Morgan fingerprint density at radius 1 is 1.46 bits per heavy atom. The zero-order chi connectivity index (χ0) is 9.84. The Morgan fingerprint density at radius 2 is 2.15 bits per heavy atom. The molecule has 0 N–H and O–H groups in total. The van der Waals surface area contributed by atoms with Crippen molar-refractivity contribution in [3.05, 3.63) is 45.3 Å².